The number of ketones is 1. The Morgan fingerprint density at radius 2 is 2.00 bits per heavy atom. The number of carbonyl (C=O) groups is 2. The molecule has 5 nitrogen and oxygen atoms in total. The van der Waals surface area contributed by atoms with Crippen LogP contribution in [0.15, 0.2) is 12.5 Å². The molecule has 1 fully saturated rings. The van der Waals surface area contributed by atoms with Crippen LogP contribution < -0.4 is 0 Å². The SMILES string of the molecule is CC(=O)N1CCC(C(=O)c2cncn2C)CC1. The number of nitrogens with zero attached hydrogens (tertiary/aromatic N) is 3. The summed E-state index contributed by atoms with van der Waals surface area (Å²) < 4.78 is 1.75. The first-order valence-corrected chi connectivity index (χ1v) is 5.85. The third-order valence-corrected chi connectivity index (χ3v) is 3.38. The van der Waals surface area contributed by atoms with Crippen molar-refractivity contribution in [2.45, 2.75) is 19.8 Å². The number of aryl methyl sites for hydroxylation is 1. The fourth-order valence-corrected chi connectivity index (χ4v) is 2.26. The van der Waals surface area contributed by atoms with E-state index in [0.29, 0.717) is 18.8 Å². The van der Waals surface area contributed by atoms with Crippen molar-refractivity contribution in [1.82, 2.24) is 14.5 Å². The molecule has 2 heterocycles. The largest absolute Gasteiger partial charge is 0.343 e. The Labute approximate surface area is 100 Å². The number of hydrogen-bond acceptors (Lipinski definition) is 3. The molecule has 1 aliphatic rings. The van der Waals surface area contributed by atoms with Gasteiger partial charge in [-0.25, -0.2) is 4.98 Å². The van der Waals surface area contributed by atoms with Crippen LogP contribution in [0.25, 0.3) is 0 Å². The van der Waals surface area contributed by atoms with Gasteiger partial charge >= 0.3 is 0 Å². The summed E-state index contributed by atoms with van der Waals surface area (Å²) in [6, 6.07) is 0. The van der Waals surface area contributed by atoms with Gasteiger partial charge in [-0.3, -0.25) is 9.59 Å². The lowest BCUT2D eigenvalue weighted by atomic mass is 9.91. The second kappa shape index (κ2) is 4.69. The molecule has 0 aromatic carbocycles. The molecule has 1 aromatic rings. The Balaban J connectivity index is 2.00. The minimum atomic E-state index is 0.0287. The van der Waals surface area contributed by atoms with Gasteiger partial charge in [0.05, 0.1) is 12.5 Å². The lowest BCUT2D eigenvalue weighted by Gasteiger charge is -2.30. The van der Waals surface area contributed by atoms with Crippen LogP contribution in [0.2, 0.25) is 0 Å². The molecule has 0 bridgehead atoms. The third kappa shape index (κ3) is 2.38. The van der Waals surface area contributed by atoms with Crippen molar-refractivity contribution in [2.24, 2.45) is 13.0 Å². The Morgan fingerprint density at radius 3 is 2.47 bits per heavy atom. The molecule has 5 heteroatoms. The maximum atomic E-state index is 12.2. The number of carbonyl (C=O) groups excluding carboxylic acids is 2. The molecule has 17 heavy (non-hydrogen) atoms. The normalized spacial score (nSPS) is 17.2. The van der Waals surface area contributed by atoms with E-state index in [2.05, 4.69) is 4.98 Å². The highest BCUT2D eigenvalue weighted by molar-refractivity contribution is 5.96. The van der Waals surface area contributed by atoms with Crippen LogP contribution in [0.1, 0.15) is 30.3 Å². The van der Waals surface area contributed by atoms with Crippen LogP contribution in [-0.2, 0) is 11.8 Å². The quantitative estimate of drug-likeness (QED) is 0.714. The van der Waals surface area contributed by atoms with Crippen LogP contribution in [0.4, 0.5) is 0 Å². The van der Waals surface area contributed by atoms with E-state index in [-0.39, 0.29) is 17.6 Å². The van der Waals surface area contributed by atoms with Crippen molar-refractivity contribution in [3.63, 3.8) is 0 Å². The Hall–Kier alpha value is -1.65. The second-order valence-electron chi connectivity index (χ2n) is 4.53. The van der Waals surface area contributed by atoms with Crippen molar-refractivity contribution in [2.75, 3.05) is 13.1 Å². The highest BCUT2D eigenvalue weighted by Crippen LogP contribution is 2.21. The van der Waals surface area contributed by atoms with E-state index in [1.54, 1.807) is 28.9 Å². The molecule has 0 aliphatic carbocycles. The van der Waals surface area contributed by atoms with E-state index in [1.165, 1.54) is 0 Å². The highest BCUT2D eigenvalue weighted by Gasteiger charge is 2.27. The van der Waals surface area contributed by atoms with Gasteiger partial charge in [0.15, 0.2) is 5.78 Å². The van der Waals surface area contributed by atoms with Crippen LogP contribution >= 0.6 is 0 Å². The number of rotatable bonds is 2. The van der Waals surface area contributed by atoms with E-state index >= 15 is 0 Å². The van der Waals surface area contributed by atoms with Crippen molar-refractivity contribution in [3.8, 4) is 0 Å². The van der Waals surface area contributed by atoms with Crippen molar-refractivity contribution in [1.29, 1.82) is 0 Å². The minimum absolute atomic E-state index is 0.0287. The molecule has 0 saturated carbocycles. The molecule has 0 spiro atoms. The summed E-state index contributed by atoms with van der Waals surface area (Å²) in [7, 11) is 1.82. The number of imidazole rings is 1. The molecule has 0 atom stereocenters. The first-order chi connectivity index (χ1) is 8.09. The fraction of sp³-hybridized carbons (Fsp3) is 0.583. The molecule has 1 saturated heterocycles. The number of hydrogen-bond donors (Lipinski definition) is 0. The lowest BCUT2D eigenvalue weighted by molar-refractivity contribution is -0.130. The predicted octanol–water partition coefficient (Wildman–Crippen LogP) is 0.861. The van der Waals surface area contributed by atoms with Gasteiger partial charge in [0.25, 0.3) is 0 Å². The Kier molecular flexibility index (Phi) is 3.26. The number of aromatic nitrogens is 2. The van der Waals surface area contributed by atoms with E-state index < -0.39 is 0 Å². The molecular formula is C12H17N3O2. The van der Waals surface area contributed by atoms with E-state index in [1.807, 2.05) is 7.05 Å². The summed E-state index contributed by atoms with van der Waals surface area (Å²) in [5, 5.41) is 0. The molecular weight excluding hydrogens is 218 g/mol. The smallest absolute Gasteiger partial charge is 0.219 e. The molecule has 0 unspecified atom stereocenters. The highest BCUT2D eigenvalue weighted by atomic mass is 16.2. The second-order valence-corrected chi connectivity index (χ2v) is 4.53. The van der Waals surface area contributed by atoms with Gasteiger partial charge in [0.2, 0.25) is 5.91 Å². The molecule has 1 aromatic heterocycles. The fourth-order valence-electron chi connectivity index (χ4n) is 2.26. The maximum Gasteiger partial charge on any atom is 0.219 e. The molecule has 92 valence electrons. The van der Waals surface area contributed by atoms with Gasteiger partial charge in [-0.2, -0.15) is 0 Å². The van der Waals surface area contributed by atoms with Crippen LogP contribution in [0.3, 0.4) is 0 Å². The summed E-state index contributed by atoms with van der Waals surface area (Å²) in [6.45, 7) is 2.94. The Bertz CT molecular complexity index is 431. The van der Waals surface area contributed by atoms with Gasteiger partial charge in [0.1, 0.15) is 5.69 Å². The minimum Gasteiger partial charge on any atom is -0.343 e. The molecule has 1 aliphatic heterocycles. The molecule has 2 rings (SSSR count). The van der Waals surface area contributed by atoms with Crippen molar-refractivity contribution in [3.05, 3.63) is 18.2 Å². The first kappa shape index (κ1) is 11.8. The molecule has 1 amide bonds. The average Bonchev–Trinajstić information content (AvgIpc) is 2.74. The number of Topliss-reactive ketones (excluding diaryl/α,β-unsaturated/α-hetero) is 1. The molecule has 0 N–H and O–H groups in total. The van der Waals surface area contributed by atoms with Gasteiger partial charge in [-0.05, 0) is 12.8 Å². The average molecular weight is 235 g/mol. The first-order valence-electron chi connectivity index (χ1n) is 5.85. The summed E-state index contributed by atoms with van der Waals surface area (Å²) in [5.41, 5.74) is 0.659. The summed E-state index contributed by atoms with van der Waals surface area (Å²) in [4.78, 5) is 29.1. The summed E-state index contributed by atoms with van der Waals surface area (Å²) in [5.74, 6) is 0.269. The zero-order valence-corrected chi connectivity index (χ0v) is 10.2. The number of likely N-dealkylation sites (tertiary alicyclic amines) is 1. The van der Waals surface area contributed by atoms with E-state index in [4.69, 9.17) is 0 Å². The van der Waals surface area contributed by atoms with Crippen LogP contribution in [0, 0.1) is 5.92 Å². The monoisotopic (exact) mass is 235 g/mol. The van der Waals surface area contributed by atoms with Crippen LogP contribution in [0.5, 0.6) is 0 Å². The maximum absolute atomic E-state index is 12.2. The zero-order valence-electron chi connectivity index (χ0n) is 10.2. The topological polar surface area (TPSA) is 55.2 Å². The zero-order chi connectivity index (χ0) is 12.4. The summed E-state index contributed by atoms with van der Waals surface area (Å²) >= 11 is 0. The standard InChI is InChI=1S/C12H17N3O2/c1-9(16)15-5-3-10(4-6-15)12(17)11-7-13-8-14(11)2/h7-8,10H,3-6H2,1-2H3. The summed E-state index contributed by atoms with van der Waals surface area (Å²) in [6.07, 6.45) is 4.75. The van der Waals surface area contributed by atoms with Gasteiger partial charge in [-0.15, -0.1) is 0 Å². The van der Waals surface area contributed by atoms with E-state index in [9.17, 15) is 9.59 Å². The van der Waals surface area contributed by atoms with E-state index in [0.717, 1.165) is 12.8 Å². The third-order valence-electron chi connectivity index (χ3n) is 3.38. The van der Waals surface area contributed by atoms with Gasteiger partial charge < -0.3 is 9.47 Å². The Morgan fingerprint density at radius 1 is 1.35 bits per heavy atom. The van der Waals surface area contributed by atoms with Crippen molar-refractivity contribution >= 4 is 11.7 Å². The lowest BCUT2D eigenvalue weighted by Crippen LogP contribution is -2.39. The van der Waals surface area contributed by atoms with Gasteiger partial charge in [-0.1, -0.05) is 0 Å². The van der Waals surface area contributed by atoms with Crippen LogP contribution in [-0.4, -0.2) is 39.2 Å². The van der Waals surface area contributed by atoms with Gasteiger partial charge in [0, 0.05) is 33.0 Å². The van der Waals surface area contributed by atoms with Crippen molar-refractivity contribution < 1.29 is 9.59 Å². The number of piperidine rings is 1. The predicted molar refractivity (Wildman–Crippen MR) is 62.5 cm³/mol. The number of amides is 1. The molecule has 0 radical (unpaired) electrons.